The van der Waals surface area contributed by atoms with Crippen molar-refractivity contribution in [3.05, 3.63) is 54.2 Å². The summed E-state index contributed by atoms with van der Waals surface area (Å²) >= 11 is 0. The molecule has 0 spiro atoms. The normalized spacial score (nSPS) is 16.5. The van der Waals surface area contributed by atoms with Gasteiger partial charge in [0.05, 0.1) is 10.5 Å². The quantitative estimate of drug-likeness (QED) is 0.850. The third kappa shape index (κ3) is 3.55. The molecular weight excluding hydrogens is 326 g/mol. The minimum absolute atomic E-state index is 0.0762. The Morgan fingerprint density at radius 3 is 2.42 bits per heavy atom. The fraction of sp³-hybridized carbons (Fsp3) is 0.294. The second-order valence-corrected chi connectivity index (χ2v) is 7.47. The fourth-order valence-electron chi connectivity index (χ4n) is 2.62. The van der Waals surface area contributed by atoms with E-state index in [-0.39, 0.29) is 6.10 Å². The SMILES string of the molecule is N#Cc1ccc(OC2CCN(S(=O)(=O)c3ccccc3)CC2)nc1. The molecule has 1 aromatic heterocycles. The lowest BCUT2D eigenvalue weighted by molar-refractivity contribution is 0.130. The molecular formula is C17H17N3O3S. The number of aromatic nitrogens is 1. The molecule has 0 unspecified atom stereocenters. The van der Waals surface area contributed by atoms with Crippen molar-refractivity contribution in [2.45, 2.75) is 23.8 Å². The van der Waals surface area contributed by atoms with E-state index in [0.717, 1.165) is 0 Å². The Kier molecular flexibility index (Phi) is 4.79. The summed E-state index contributed by atoms with van der Waals surface area (Å²) < 4.78 is 32.4. The number of benzene rings is 1. The van der Waals surface area contributed by atoms with Crippen molar-refractivity contribution in [2.75, 3.05) is 13.1 Å². The molecule has 1 saturated heterocycles. The molecule has 2 heterocycles. The maximum Gasteiger partial charge on any atom is 0.243 e. The van der Waals surface area contributed by atoms with Crippen LogP contribution in [0.15, 0.2) is 53.6 Å². The minimum Gasteiger partial charge on any atom is -0.474 e. The van der Waals surface area contributed by atoms with E-state index in [2.05, 4.69) is 4.98 Å². The molecule has 24 heavy (non-hydrogen) atoms. The number of pyridine rings is 1. The smallest absolute Gasteiger partial charge is 0.243 e. The van der Waals surface area contributed by atoms with Crippen molar-refractivity contribution in [1.29, 1.82) is 5.26 Å². The van der Waals surface area contributed by atoms with Crippen LogP contribution >= 0.6 is 0 Å². The maximum absolute atomic E-state index is 12.6. The molecule has 3 rings (SSSR count). The molecule has 0 atom stereocenters. The highest BCUT2D eigenvalue weighted by molar-refractivity contribution is 7.89. The van der Waals surface area contributed by atoms with Gasteiger partial charge in [-0.15, -0.1) is 0 Å². The van der Waals surface area contributed by atoms with E-state index in [9.17, 15) is 8.42 Å². The predicted octanol–water partition coefficient (Wildman–Crippen LogP) is 2.19. The first-order valence-corrected chi connectivity index (χ1v) is 9.11. The van der Waals surface area contributed by atoms with Gasteiger partial charge in [0.1, 0.15) is 12.2 Å². The summed E-state index contributed by atoms with van der Waals surface area (Å²) in [7, 11) is -3.44. The van der Waals surface area contributed by atoms with Gasteiger partial charge >= 0.3 is 0 Å². The summed E-state index contributed by atoms with van der Waals surface area (Å²) in [6, 6.07) is 13.8. The summed E-state index contributed by atoms with van der Waals surface area (Å²) in [4.78, 5) is 4.40. The highest BCUT2D eigenvalue weighted by Crippen LogP contribution is 2.23. The van der Waals surface area contributed by atoms with Crippen LogP contribution in [0.5, 0.6) is 5.88 Å². The lowest BCUT2D eigenvalue weighted by atomic mass is 10.1. The van der Waals surface area contributed by atoms with Crippen molar-refractivity contribution in [1.82, 2.24) is 9.29 Å². The van der Waals surface area contributed by atoms with Crippen molar-refractivity contribution >= 4 is 10.0 Å². The van der Waals surface area contributed by atoms with Gasteiger partial charge in [0, 0.05) is 25.4 Å². The van der Waals surface area contributed by atoms with Gasteiger partial charge in [-0.25, -0.2) is 13.4 Å². The number of piperidine rings is 1. The van der Waals surface area contributed by atoms with Gasteiger partial charge in [0.2, 0.25) is 15.9 Å². The second kappa shape index (κ2) is 6.99. The Morgan fingerprint density at radius 2 is 1.83 bits per heavy atom. The van der Waals surface area contributed by atoms with Crippen molar-refractivity contribution in [3.8, 4) is 11.9 Å². The number of sulfonamides is 1. The molecule has 1 aromatic carbocycles. The van der Waals surface area contributed by atoms with Crippen LogP contribution in [-0.2, 0) is 10.0 Å². The number of ether oxygens (including phenoxy) is 1. The first-order valence-electron chi connectivity index (χ1n) is 7.67. The molecule has 6 nitrogen and oxygen atoms in total. The third-order valence-electron chi connectivity index (χ3n) is 3.93. The Bertz CT molecular complexity index is 822. The van der Waals surface area contributed by atoms with Crippen LogP contribution in [0.4, 0.5) is 0 Å². The first kappa shape index (κ1) is 16.4. The highest BCUT2D eigenvalue weighted by atomic mass is 32.2. The highest BCUT2D eigenvalue weighted by Gasteiger charge is 2.30. The third-order valence-corrected chi connectivity index (χ3v) is 5.85. The zero-order valence-corrected chi connectivity index (χ0v) is 13.8. The van der Waals surface area contributed by atoms with Gasteiger partial charge in [-0.1, -0.05) is 18.2 Å². The van der Waals surface area contributed by atoms with Gasteiger partial charge in [0.15, 0.2) is 0 Å². The lowest BCUT2D eigenvalue weighted by Crippen LogP contribution is -2.41. The number of nitrogens with zero attached hydrogens (tertiary/aromatic N) is 3. The van der Waals surface area contributed by atoms with Crippen LogP contribution in [-0.4, -0.2) is 36.9 Å². The molecule has 0 amide bonds. The summed E-state index contributed by atoms with van der Waals surface area (Å²) in [5, 5.41) is 8.76. The van der Waals surface area contributed by atoms with Crippen molar-refractivity contribution in [3.63, 3.8) is 0 Å². The first-order chi connectivity index (χ1) is 11.6. The molecule has 124 valence electrons. The summed E-state index contributed by atoms with van der Waals surface area (Å²) in [5.74, 6) is 0.457. The zero-order valence-electron chi connectivity index (χ0n) is 13.0. The van der Waals surface area contributed by atoms with E-state index in [1.165, 1.54) is 10.5 Å². The van der Waals surface area contributed by atoms with Crippen molar-refractivity contribution < 1.29 is 13.2 Å². The molecule has 0 aliphatic carbocycles. The fourth-order valence-corrected chi connectivity index (χ4v) is 4.11. The second-order valence-electron chi connectivity index (χ2n) is 5.53. The summed E-state index contributed by atoms with van der Waals surface area (Å²) in [6.07, 6.45) is 2.60. The number of rotatable bonds is 4. The Balaban J connectivity index is 1.60. The minimum atomic E-state index is -3.44. The molecule has 1 fully saturated rings. The average molecular weight is 343 g/mol. The lowest BCUT2D eigenvalue weighted by Gasteiger charge is -2.31. The van der Waals surface area contributed by atoms with Gasteiger partial charge in [-0.2, -0.15) is 9.57 Å². The van der Waals surface area contributed by atoms with Crippen LogP contribution in [0.25, 0.3) is 0 Å². The summed E-state index contributed by atoms with van der Waals surface area (Å²) in [5.41, 5.74) is 0.478. The average Bonchev–Trinajstić information content (AvgIpc) is 2.63. The molecule has 0 N–H and O–H groups in total. The Morgan fingerprint density at radius 1 is 1.12 bits per heavy atom. The van der Waals surface area contributed by atoms with Crippen LogP contribution in [0.2, 0.25) is 0 Å². The molecule has 1 aliphatic rings. The maximum atomic E-state index is 12.6. The number of hydrogen-bond acceptors (Lipinski definition) is 5. The molecule has 0 saturated carbocycles. The predicted molar refractivity (Wildman–Crippen MR) is 87.8 cm³/mol. The zero-order chi connectivity index (χ0) is 17.0. The van der Waals surface area contributed by atoms with Crippen LogP contribution in [0.1, 0.15) is 18.4 Å². The largest absolute Gasteiger partial charge is 0.474 e. The van der Waals surface area contributed by atoms with Gasteiger partial charge < -0.3 is 4.74 Å². The molecule has 2 aromatic rings. The standard InChI is InChI=1S/C17H17N3O3S/c18-12-14-6-7-17(19-13-14)23-15-8-10-20(11-9-15)24(21,22)16-4-2-1-3-5-16/h1-7,13,15H,8-11H2. The van der Waals surface area contributed by atoms with E-state index in [1.807, 2.05) is 6.07 Å². The van der Waals surface area contributed by atoms with Crippen LogP contribution in [0, 0.1) is 11.3 Å². The number of nitriles is 1. The topological polar surface area (TPSA) is 83.3 Å². The van der Waals surface area contributed by atoms with Crippen LogP contribution < -0.4 is 4.74 Å². The van der Waals surface area contributed by atoms with E-state index in [1.54, 1.807) is 42.5 Å². The van der Waals surface area contributed by atoms with Gasteiger partial charge in [-0.05, 0) is 31.0 Å². The van der Waals surface area contributed by atoms with Gasteiger partial charge in [-0.3, -0.25) is 0 Å². The molecule has 1 aliphatic heterocycles. The Hall–Kier alpha value is -2.43. The molecule has 7 heteroatoms. The summed E-state index contributed by atoms with van der Waals surface area (Å²) in [6.45, 7) is 0.830. The van der Waals surface area contributed by atoms with E-state index in [4.69, 9.17) is 10.00 Å². The molecule has 0 bridgehead atoms. The van der Waals surface area contributed by atoms with Crippen molar-refractivity contribution in [2.24, 2.45) is 0 Å². The monoisotopic (exact) mass is 343 g/mol. The van der Waals surface area contributed by atoms with Gasteiger partial charge in [0.25, 0.3) is 0 Å². The molecule has 0 radical (unpaired) electrons. The van der Waals surface area contributed by atoms with E-state index >= 15 is 0 Å². The Labute approximate surface area is 141 Å². The van der Waals surface area contributed by atoms with E-state index < -0.39 is 10.0 Å². The number of hydrogen-bond donors (Lipinski definition) is 0. The van der Waals surface area contributed by atoms with E-state index in [0.29, 0.717) is 42.3 Å². The van der Waals surface area contributed by atoms with Crippen LogP contribution in [0.3, 0.4) is 0 Å².